The molecule has 3 rings (SSSR count). The molecule has 0 amide bonds. The van der Waals surface area contributed by atoms with Crippen LogP contribution in [0.4, 0.5) is 13.2 Å². The molecule has 0 aliphatic rings. The Kier molecular flexibility index (Phi) is 6.83. The van der Waals surface area contributed by atoms with E-state index in [1.54, 1.807) is 12.1 Å². The number of fused-ring (bicyclic) bond motifs is 1. The second-order valence-electron chi connectivity index (χ2n) is 7.12. The molecule has 0 spiro atoms. The second-order valence-corrected chi connectivity index (χ2v) is 9.64. The Bertz CT molecular complexity index is 1310. The third-order valence-corrected chi connectivity index (χ3v) is 6.61. The summed E-state index contributed by atoms with van der Waals surface area (Å²) in [7, 11) is -3.91. The SMILES string of the molecule is CCCCn1c(CSc2nc(C)cc(C(F)(F)F)c2C#N)nc2cc(S(N)(=O)=O)ccc21. The molecular weight excluding hydrogens is 463 g/mol. The van der Waals surface area contributed by atoms with E-state index in [9.17, 15) is 26.9 Å². The number of alkyl halides is 3. The molecule has 0 fully saturated rings. The largest absolute Gasteiger partial charge is 0.417 e. The first-order valence-electron chi connectivity index (χ1n) is 9.59. The van der Waals surface area contributed by atoms with Crippen molar-refractivity contribution in [2.45, 2.75) is 55.1 Å². The van der Waals surface area contributed by atoms with Crippen LogP contribution < -0.4 is 5.14 Å². The van der Waals surface area contributed by atoms with Crippen LogP contribution in [-0.2, 0) is 28.5 Å². The van der Waals surface area contributed by atoms with Crippen LogP contribution in [0, 0.1) is 18.3 Å². The highest BCUT2D eigenvalue weighted by molar-refractivity contribution is 7.98. The van der Waals surface area contributed by atoms with E-state index >= 15 is 0 Å². The van der Waals surface area contributed by atoms with Crippen molar-refractivity contribution in [1.29, 1.82) is 5.26 Å². The zero-order valence-corrected chi connectivity index (χ0v) is 18.9. The molecule has 0 radical (unpaired) electrons. The molecule has 0 aliphatic carbocycles. The number of hydrogen-bond donors (Lipinski definition) is 1. The number of imidazole rings is 1. The second kappa shape index (κ2) is 9.09. The minimum absolute atomic E-state index is 0.0286. The van der Waals surface area contributed by atoms with Gasteiger partial charge in [0.25, 0.3) is 0 Å². The number of sulfonamides is 1. The summed E-state index contributed by atoms with van der Waals surface area (Å²) in [6.45, 7) is 4.05. The van der Waals surface area contributed by atoms with Crippen LogP contribution in [0.1, 0.15) is 42.4 Å². The van der Waals surface area contributed by atoms with Crippen LogP contribution >= 0.6 is 11.8 Å². The maximum absolute atomic E-state index is 13.4. The van der Waals surface area contributed by atoms with E-state index in [2.05, 4.69) is 9.97 Å². The zero-order chi connectivity index (χ0) is 23.7. The van der Waals surface area contributed by atoms with Gasteiger partial charge < -0.3 is 4.57 Å². The molecule has 0 saturated carbocycles. The lowest BCUT2D eigenvalue weighted by Crippen LogP contribution is -2.11. The number of nitrogens with zero attached hydrogens (tertiary/aromatic N) is 4. The Morgan fingerprint density at radius 1 is 1.25 bits per heavy atom. The van der Waals surface area contributed by atoms with E-state index in [4.69, 9.17) is 5.14 Å². The van der Waals surface area contributed by atoms with Gasteiger partial charge in [0, 0.05) is 12.2 Å². The number of primary sulfonamides is 1. The van der Waals surface area contributed by atoms with Gasteiger partial charge >= 0.3 is 6.18 Å². The summed E-state index contributed by atoms with van der Waals surface area (Å²) in [6.07, 6.45) is -2.95. The quantitative estimate of drug-likeness (QED) is 0.499. The van der Waals surface area contributed by atoms with Crippen LogP contribution in [-0.4, -0.2) is 23.0 Å². The maximum Gasteiger partial charge on any atom is 0.417 e. The fourth-order valence-electron chi connectivity index (χ4n) is 3.23. The summed E-state index contributed by atoms with van der Waals surface area (Å²) in [6, 6.07) is 6.85. The Morgan fingerprint density at radius 2 is 1.97 bits per heavy atom. The minimum Gasteiger partial charge on any atom is -0.327 e. The number of aromatic nitrogens is 3. The molecule has 32 heavy (non-hydrogen) atoms. The minimum atomic E-state index is -4.67. The van der Waals surface area contributed by atoms with Crippen LogP contribution in [0.25, 0.3) is 11.0 Å². The fourth-order valence-corrected chi connectivity index (χ4v) is 4.75. The van der Waals surface area contributed by atoms with Gasteiger partial charge in [-0.2, -0.15) is 18.4 Å². The number of aryl methyl sites for hydroxylation is 2. The summed E-state index contributed by atoms with van der Waals surface area (Å²) in [4.78, 5) is 8.55. The van der Waals surface area contributed by atoms with Crippen LogP contribution in [0.3, 0.4) is 0 Å². The third kappa shape index (κ3) is 5.06. The average Bonchev–Trinajstić information content (AvgIpc) is 3.05. The first-order chi connectivity index (χ1) is 15.0. The number of nitriles is 1. The van der Waals surface area contributed by atoms with Gasteiger partial charge in [-0.15, -0.1) is 0 Å². The van der Waals surface area contributed by atoms with Gasteiger partial charge in [-0.25, -0.2) is 23.5 Å². The molecular formula is C20H20F3N5O2S2. The molecule has 170 valence electrons. The van der Waals surface area contributed by atoms with Crippen molar-refractivity contribution in [1.82, 2.24) is 14.5 Å². The van der Waals surface area contributed by atoms with E-state index in [0.29, 0.717) is 23.4 Å². The van der Waals surface area contributed by atoms with E-state index in [1.165, 1.54) is 19.1 Å². The Balaban J connectivity index is 2.04. The molecule has 2 N–H and O–H groups in total. The Labute approximate surface area is 187 Å². The van der Waals surface area contributed by atoms with Gasteiger partial charge in [0.05, 0.1) is 32.8 Å². The van der Waals surface area contributed by atoms with Crippen LogP contribution in [0.2, 0.25) is 0 Å². The van der Waals surface area contributed by atoms with Gasteiger partial charge in [0.2, 0.25) is 10.0 Å². The molecule has 0 bridgehead atoms. The summed E-state index contributed by atoms with van der Waals surface area (Å²) >= 11 is 0.982. The fraction of sp³-hybridized carbons (Fsp3) is 0.350. The smallest absolute Gasteiger partial charge is 0.327 e. The highest BCUT2D eigenvalue weighted by Gasteiger charge is 2.35. The topological polar surface area (TPSA) is 115 Å². The molecule has 1 aromatic carbocycles. The number of nitrogens with two attached hydrogens (primary N) is 1. The molecule has 2 aromatic heterocycles. The van der Waals surface area contributed by atoms with Crippen molar-refractivity contribution in [3.05, 3.63) is 46.9 Å². The number of halogens is 3. The lowest BCUT2D eigenvalue weighted by molar-refractivity contribution is -0.138. The van der Waals surface area contributed by atoms with E-state index in [1.807, 2.05) is 11.5 Å². The van der Waals surface area contributed by atoms with Crippen molar-refractivity contribution in [3.8, 4) is 6.07 Å². The van der Waals surface area contributed by atoms with Gasteiger partial charge in [-0.3, -0.25) is 0 Å². The summed E-state index contributed by atoms with van der Waals surface area (Å²) in [5.41, 5.74) is -0.295. The highest BCUT2D eigenvalue weighted by Crippen LogP contribution is 2.37. The molecule has 3 aromatic rings. The van der Waals surface area contributed by atoms with E-state index < -0.39 is 27.3 Å². The van der Waals surface area contributed by atoms with Gasteiger partial charge in [-0.1, -0.05) is 25.1 Å². The molecule has 2 heterocycles. The normalized spacial score (nSPS) is 12.3. The molecule has 7 nitrogen and oxygen atoms in total. The first kappa shape index (κ1) is 24.0. The van der Waals surface area contributed by atoms with Gasteiger partial charge in [0.1, 0.15) is 16.9 Å². The van der Waals surface area contributed by atoms with Crippen LogP contribution in [0.5, 0.6) is 0 Å². The predicted octanol–water partition coefficient (Wildman–Crippen LogP) is 4.37. The monoisotopic (exact) mass is 483 g/mol. The summed E-state index contributed by atoms with van der Waals surface area (Å²) in [5.74, 6) is 0.678. The number of rotatable bonds is 7. The van der Waals surface area contributed by atoms with Crippen LogP contribution in [0.15, 0.2) is 34.2 Å². The molecule has 0 atom stereocenters. The molecule has 12 heteroatoms. The van der Waals surface area contributed by atoms with Gasteiger partial charge in [-0.05, 0) is 37.6 Å². The number of unbranched alkanes of at least 4 members (excludes halogenated alkanes) is 1. The lowest BCUT2D eigenvalue weighted by Gasteiger charge is -2.13. The Hall–Kier alpha value is -2.62. The number of benzene rings is 1. The standard InChI is InChI=1S/C20H20F3N5O2S2/c1-3-4-7-28-17-6-5-13(32(25,29)30)9-16(17)27-18(28)11-31-19-14(10-24)15(20(21,22)23)8-12(2)26-19/h5-6,8-9H,3-4,7,11H2,1-2H3,(H2,25,29,30). The predicted molar refractivity (Wildman–Crippen MR) is 114 cm³/mol. The summed E-state index contributed by atoms with van der Waals surface area (Å²) in [5, 5.41) is 14.5. The number of hydrogen-bond acceptors (Lipinski definition) is 6. The third-order valence-electron chi connectivity index (χ3n) is 4.73. The van der Waals surface area contributed by atoms with E-state index in [0.717, 1.165) is 30.7 Å². The number of thioether (sulfide) groups is 1. The van der Waals surface area contributed by atoms with Crippen molar-refractivity contribution in [3.63, 3.8) is 0 Å². The first-order valence-corrected chi connectivity index (χ1v) is 12.1. The Morgan fingerprint density at radius 3 is 2.56 bits per heavy atom. The average molecular weight is 484 g/mol. The molecule has 0 saturated heterocycles. The zero-order valence-electron chi connectivity index (χ0n) is 17.3. The maximum atomic E-state index is 13.4. The lowest BCUT2D eigenvalue weighted by atomic mass is 10.1. The van der Waals surface area contributed by atoms with Crippen molar-refractivity contribution >= 4 is 32.8 Å². The summed E-state index contributed by atoms with van der Waals surface area (Å²) < 4.78 is 65.4. The molecule has 0 unspecified atom stereocenters. The highest BCUT2D eigenvalue weighted by atomic mass is 32.2. The van der Waals surface area contributed by atoms with Crippen molar-refractivity contribution in [2.75, 3.05) is 0 Å². The van der Waals surface area contributed by atoms with Crippen molar-refractivity contribution < 1.29 is 21.6 Å². The van der Waals surface area contributed by atoms with Crippen molar-refractivity contribution in [2.24, 2.45) is 5.14 Å². The molecule has 0 aliphatic heterocycles. The van der Waals surface area contributed by atoms with Gasteiger partial charge in [0.15, 0.2) is 0 Å². The van der Waals surface area contributed by atoms with E-state index in [-0.39, 0.29) is 21.4 Å². The number of pyridine rings is 1.